The highest BCUT2D eigenvalue weighted by atomic mass is 16.1. The van der Waals surface area contributed by atoms with Crippen molar-refractivity contribution in [2.75, 3.05) is 23.3 Å². The SMILES string of the molecule is N#Cc1ccc(NC(=O)c2cnc(N3CCC(Cc4ccccc4)CC3)cn2)cc1. The van der Waals surface area contributed by atoms with Gasteiger partial charge < -0.3 is 10.2 Å². The lowest BCUT2D eigenvalue weighted by Crippen LogP contribution is -2.35. The Morgan fingerprint density at radius 3 is 2.40 bits per heavy atom. The van der Waals surface area contributed by atoms with E-state index in [0.29, 0.717) is 17.2 Å². The summed E-state index contributed by atoms with van der Waals surface area (Å²) in [5.41, 5.74) is 2.82. The fourth-order valence-electron chi connectivity index (χ4n) is 3.74. The van der Waals surface area contributed by atoms with Crippen LogP contribution in [0, 0.1) is 17.2 Å². The molecule has 0 saturated carbocycles. The third kappa shape index (κ3) is 4.81. The number of amides is 1. The van der Waals surface area contributed by atoms with E-state index in [0.717, 1.165) is 38.2 Å². The standard InChI is InChI=1S/C24H23N5O/c25-15-20-6-8-21(9-7-20)28-24(30)22-16-27-23(17-26-22)29-12-10-19(11-13-29)14-18-4-2-1-3-5-18/h1-9,16-17,19H,10-14H2,(H,28,30). The van der Waals surface area contributed by atoms with Gasteiger partial charge in [-0.3, -0.25) is 4.79 Å². The molecule has 1 aromatic heterocycles. The van der Waals surface area contributed by atoms with E-state index in [1.165, 1.54) is 11.8 Å². The molecule has 0 aliphatic carbocycles. The van der Waals surface area contributed by atoms with Crippen molar-refractivity contribution in [2.45, 2.75) is 19.3 Å². The first-order valence-corrected chi connectivity index (χ1v) is 10.1. The van der Waals surface area contributed by atoms with Crippen molar-refractivity contribution in [1.82, 2.24) is 9.97 Å². The van der Waals surface area contributed by atoms with Gasteiger partial charge in [-0.25, -0.2) is 9.97 Å². The number of hydrogen-bond acceptors (Lipinski definition) is 5. The minimum atomic E-state index is -0.319. The van der Waals surface area contributed by atoms with Gasteiger partial charge in [-0.05, 0) is 55.0 Å². The number of nitrogens with zero attached hydrogens (tertiary/aromatic N) is 4. The molecule has 0 radical (unpaired) electrons. The fourth-order valence-corrected chi connectivity index (χ4v) is 3.74. The largest absolute Gasteiger partial charge is 0.355 e. The van der Waals surface area contributed by atoms with Crippen molar-refractivity contribution in [1.29, 1.82) is 5.26 Å². The molecule has 150 valence electrons. The second-order valence-electron chi connectivity index (χ2n) is 7.52. The summed E-state index contributed by atoms with van der Waals surface area (Å²) in [6.45, 7) is 1.89. The lowest BCUT2D eigenvalue weighted by atomic mass is 9.90. The van der Waals surface area contributed by atoms with Gasteiger partial charge in [-0.15, -0.1) is 0 Å². The molecule has 2 aromatic carbocycles. The molecular formula is C24H23N5O. The first-order chi connectivity index (χ1) is 14.7. The van der Waals surface area contributed by atoms with E-state index in [-0.39, 0.29) is 11.6 Å². The molecule has 6 nitrogen and oxygen atoms in total. The molecule has 2 heterocycles. The number of carbonyl (C=O) groups is 1. The van der Waals surface area contributed by atoms with Crippen LogP contribution in [0.4, 0.5) is 11.5 Å². The molecule has 1 saturated heterocycles. The van der Waals surface area contributed by atoms with Crippen LogP contribution < -0.4 is 10.2 Å². The summed E-state index contributed by atoms with van der Waals surface area (Å²) >= 11 is 0. The van der Waals surface area contributed by atoms with Crippen molar-refractivity contribution < 1.29 is 4.79 Å². The second kappa shape index (κ2) is 9.19. The molecule has 1 fully saturated rings. The van der Waals surface area contributed by atoms with Gasteiger partial charge in [-0.1, -0.05) is 30.3 Å². The predicted octanol–water partition coefficient (Wildman–Crippen LogP) is 4.06. The molecule has 6 heteroatoms. The van der Waals surface area contributed by atoms with Crippen molar-refractivity contribution in [3.63, 3.8) is 0 Å². The van der Waals surface area contributed by atoms with Crippen LogP contribution in [0.25, 0.3) is 0 Å². The van der Waals surface area contributed by atoms with E-state index >= 15 is 0 Å². The lowest BCUT2D eigenvalue weighted by Gasteiger charge is -2.32. The fraction of sp³-hybridized carbons (Fsp3) is 0.250. The van der Waals surface area contributed by atoms with Gasteiger partial charge >= 0.3 is 0 Å². The molecule has 1 amide bonds. The highest BCUT2D eigenvalue weighted by molar-refractivity contribution is 6.02. The van der Waals surface area contributed by atoms with Gasteiger partial charge in [0, 0.05) is 18.8 Å². The maximum Gasteiger partial charge on any atom is 0.275 e. The topological polar surface area (TPSA) is 81.9 Å². The van der Waals surface area contributed by atoms with Crippen LogP contribution in [-0.2, 0) is 6.42 Å². The highest BCUT2D eigenvalue weighted by Crippen LogP contribution is 2.24. The number of anilines is 2. The highest BCUT2D eigenvalue weighted by Gasteiger charge is 2.21. The van der Waals surface area contributed by atoms with E-state index in [1.807, 2.05) is 0 Å². The zero-order valence-electron chi connectivity index (χ0n) is 16.7. The molecule has 3 aromatic rings. The maximum absolute atomic E-state index is 12.4. The third-order valence-electron chi connectivity index (χ3n) is 5.45. The Kier molecular flexibility index (Phi) is 6.00. The number of benzene rings is 2. The molecular weight excluding hydrogens is 374 g/mol. The van der Waals surface area contributed by atoms with Gasteiger partial charge in [0.1, 0.15) is 11.5 Å². The number of hydrogen-bond donors (Lipinski definition) is 1. The lowest BCUT2D eigenvalue weighted by molar-refractivity contribution is 0.102. The maximum atomic E-state index is 12.4. The number of piperidine rings is 1. The zero-order chi connectivity index (χ0) is 20.8. The van der Waals surface area contributed by atoms with Gasteiger partial charge in [0.05, 0.1) is 24.0 Å². The van der Waals surface area contributed by atoms with Gasteiger partial charge in [0.2, 0.25) is 0 Å². The molecule has 0 unspecified atom stereocenters. The molecule has 1 N–H and O–H groups in total. The molecule has 0 atom stereocenters. The minimum absolute atomic E-state index is 0.266. The molecule has 1 aliphatic heterocycles. The number of nitrogens with one attached hydrogen (secondary N) is 1. The van der Waals surface area contributed by atoms with E-state index in [9.17, 15) is 4.79 Å². The van der Waals surface area contributed by atoms with Gasteiger partial charge in [0.15, 0.2) is 0 Å². The Labute approximate surface area is 176 Å². The normalized spacial score (nSPS) is 14.2. The summed E-state index contributed by atoms with van der Waals surface area (Å²) in [6, 6.07) is 19.4. The molecule has 0 spiro atoms. The third-order valence-corrected chi connectivity index (χ3v) is 5.45. The van der Waals surface area contributed by atoms with Crippen LogP contribution in [0.15, 0.2) is 67.0 Å². The van der Waals surface area contributed by atoms with Crippen molar-refractivity contribution >= 4 is 17.4 Å². The van der Waals surface area contributed by atoms with Gasteiger partial charge in [-0.2, -0.15) is 5.26 Å². The number of rotatable bonds is 5. The predicted molar refractivity (Wildman–Crippen MR) is 116 cm³/mol. The second-order valence-corrected chi connectivity index (χ2v) is 7.52. The van der Waals surface area contributed by atoms with Crippen LogP contribution in [0.3, 0.4) is 0 Å². The molecule has 0 bridgehead atoms. The Morgan fingerprint density at radius 1 is 1.03 bits per heavy atom. The van der Waals surface area contributed by atoms with Crippen LogP contribution in [0.5, 0.6) is 0 Å². The van der Waals surface area contributed by atoms with Crippen molar-refractivity contribution in [3.8, 4) is 6.07 Å². The van der Waals surface area contributed by atoms with Crippen molar-refractivity contribution in [2.24, 2.45) is 5.92 Å². The van der Waals surface area contributed by atoms with E-state index in [2.05, 4.69) is 56.6 Å². The minimum Gasteiger partial charge on any atom is -0.355 e. The first-order valence-electron chi connectivity index (χ1n) is 10.1. The van der Waals surface area contributed by atoms with Crippen LogP contribution >= 0.6 is 0 Å². The summed E-state index contributed by atoms with van der Waals surface area (Å²) in [5.74, 6) is 1.18. The molecule has 30 heavy (non-hydrogen) atoms. The van der Waals surface area contributed by atoms with E-state index in [4.69, 9.17) is 5.26 Å². The first kappa shape index (κ1) is 19.6. The average molecular weight is 397 g/mol. The van der Waals surface area contributed by atoms with E-state index < -0.39 is 0 Å². The summed E-state index contributed by atoms with van der Waals surface area (Å²) in [5, 5.41) is 11.6. The summed E-state index contributed by atoms with van der Waals surface area (Å²) in [6.07, 6.45) is 6.55. The zero-order valence-corrected chi connectivity index (χ0v) is 16.7. The molecule has 4 rings (SSSR count). The van der Waals surface area contributed by atoms with Crippen LogP contribution in [0.2, 0.25) is 0 Å². The van der Waals surface area contributed by atoms with E-state index in [1.54, 1.807) is 30.5 Å². The quantitative estimate of drug-likeness (QED) is 0.702. The monoisotopic (exact) mass is 397 g/mol. The summed E-state index contributed by atoms with van der Waals surface area (Å²) < 4.78 is 0. The summed E-state index contributed by atoms with van der Waals surface area (Å²) in [4.78, 5) is 23.4. The van der Waals surface area contributed by atoms with Gasteiger partial charge in [0.25, 0.3) is 5.91 Å². The summed E-state index contributed by atoms with van der Waals surface area (Å²) in [7, 11) is 0. The number of nitriles is 1. The Bertz CT molecular complexity index is 1020. The molecule has 1 aliphatic rings. The Hall–Kier alpha value is -3.72. The Morgan fingerprint density at radius 2 is 1.77 bits per heavy atom. The number of carbonyl (C=O) groups excluding carboxylic acids is 1. The average Bonchev–Trinajstić information content (AvgIpc) is 2.81. The van der Waals surface area contributed by atoms with Crippen LogP contribution in [-0.4, -0.2) is 29.0 Å². The smallest absolute Gasteiger partial charge is 0.275 e. The van der Waals surface area contributed by atoms with Crippen LogP contribution in [0.1, 0.15) is 34.5 Å². The number of aromatic nitrogens is 2. The van der Waals surface area contributed by atoms with Crippen molar-refractivity contribution in [3.05, 3.63) is 83.8 Å². The Balaban J connectivity index is 1.31.